The van der Waals surface area contributed by atoms with E-state index in [-0.39, 0.29) is 12.5 Å². The van der Waals surface area contributed by atoms with Crippen LogP contribution in [0.15, 0.2) is 53.0 Å². The fourth-order valence-corrected chi connectivity index (χ4v) is 3.37. The number of hydrogen-bond donors (Lipinski definition) is 0. The van der Waals surface area contributed by atoms with Gasteiger partial charge in [0.1, 0.15) is 5.75 Å². The summed E-state index contributed by atoms with van der Waals surface area (Å²) in [6, 6.07) is 18.1. The number of ether oxygens (including phenoxy) is 1. The Bertz CT molecular complexity index is 802. The highest BCUT2D eigenvalue weighted by Gasteiger charge is 2.15. The summed E-state index contributed by atoms with van der Waals surface area (Å²) in [7, 11) is 0. The number of amides is 1. The Morgan fingerprint density at radius 3 is 2.61 bits per heavy atom. The van der Waals surface area contributed by atoms with Crippen molar-refractivity contribution in [1.82, 2.24) is 4.90 Å². The van der Waals surface area contributed by atoms with Crippen LogP contribution < -0.4 is 4.74 Å². The number of nitrogens with zero attached hydrogens (tertiary/aromatic N) is 2. The highest BCUT2D eigenvalue weighted by atomic mass is 79.9. The summed E-state index contributed by atoms with van der Waals surface area (Å²) in [5, 5.41) is 8.89. The summed E-state index contributed by atoms with van der Waals surface area (Å²) >= 11 is 3.54. The SMILES string of the molecule is CCC(C)c1ccc(OCC(=O)N(CCC#N)CCc2ccccc2)c(Br)c1. The molecule has 0 aliphatic rings. The van der Waals surface area contributed by atoms with E-state index in [9.17, 15) is 4.79 Å². The van der Waals surface area contributed by atoms with Crippen molar-refractivity contribution in [2.45, 2.75) is 39.0 Å². The Labute approximate surface area is 176 Å². The second-order valence-electron chi connectivity index (χ2n) is 6.81. The maximum atomic E-state index is 12.7. The maximum Gasteiger partial charge on any atom is 0.260 e. The predicted octanol–water partition coefficient (Wildman–Crippen LogP) is 5.33. The number of carbonyl (C=O) groups is 1. The van der Waals surface area contributed by atoms with Crippen LogP contribution in [0.2, 0.25) is 0 Å². The molecule has 4 nitrogen and oxygen atoms in total. The van der Waals surface area contributed by atoms with Crippen LogP contribution in [0.25, 0.3) is 0 Å². The molecule has 0 bridgehead atoms. The van der Waals surface area contributed by atoms with Gasteiger partial charge in [-0.15, -0.1) is 0 Å². The van der Waals surface area contributed by atoms with Crippen LogP contribution in [0.5, 0.6) is 5.75 Å². The first-order valence-electron chi connectivity index (χ1n) is 9.66. The van der Waals surface area contributed by atoms with Crippen LogP contribution in [-0.2, 0) is 11.2 Å². The zero-order valence-electron chi connectivity index (χ0n) is 16.5. The van der Waals surface area contributed by atoms with Gasteiger partial charge in [-0.2, -0.15) is 5.26 Å². The van der Waals surface area contributed by atoms with Crippen LogP contribution in [0.3, 0.4) is 0 Å². The molecule has 0 saturated carbocycles. The molecule has 1 amide bonds. The van der Waals surface area contributed by atoms with Crippen molar-refractivity contribution < 1.29 is 9.53 Å². The molecule has 5 heteroatoms. The molecule has 28 heavy (non-hydrogen) atoms. The third-order valence-corrected chi connectivity index (χ3v) is 5.47. The zero-order chi connectivity index (χ0) is 20.4. The number of rotatable bonds is 10. The van der Waals surface area contributed by atoms with E-state index in [1.807, 2.05) is 42.5 Å². The number of halogens is 1. The van der Waals surface area contributed by atoms with Gasteiger partial charge < -0.3 is 9.64 Å². The lowest BCUT2D eigenvalue weighted by molar-refractivity contribution is -0.133. The number of hydrogen-bond acceptors (Lipinski definition) is 3. The Kier molecular flexibility index (Phi) is 9.03. The molecule has 2 rings (SSSR count). The van der Waals surface area contributed by atoms with Crippen molar-refractivity contribution in [3.05, 3.63) is 64.1 Å². The highest BCUT2D eigenvalue weighted by Crippen LogP contribution is 2.30. The van der Waals surface area contributed by atoms with Crippen LogP contribution in [0.1, 0.15) is 43.7 Å². The van der Waals surface area contributed by atoms with Crippen molar-refractivity contribution in [2.24, 2.45) is 0 Å². The van der Waals surface area contributed by atoms with E-state index < -0.39 is 0 Å². The summed E-state index contributed by atoms with van der Waals surface area (Å²) < 4.78 is 6.61. The first-order valence-corrected chi connectivity index (χ1v) is 10.4. The van der Waals surface area contributed by atoms with Crippen LogP contribution in [0.4, 0.5) is 0 Å². The quantitative estimate of drug-likeness (QED) is 0.499. The highest BCUT2D eigenvalue weighted by molar-refractivity contribution is 9.10. The monoisotopic (exact) mass is 442 g/mol. The standard InChI is InChI=1S/C23H27BrN2O2/c1-3-18(2)20-10-11-22(21(24)16-20)28-17-23(27)26(14-7-13-25)15-12-19-8-5-4-6-9-19/h4-6,8-11,16,18H,3,7,12,14-15,17H2,1-2H3. The average Bonchev–Trinajstić information content (AvgIpc) is 2.72. The summed E-state index contributed by atoms with van der Waals surface area (Å²) in [6.07, 6.45) is 2.14. The molecule has 0 radical (unpaired) electrons. The summed E-state index contributed by atoms with van der Waals surface area (Å²) in [6.45, 7) is 5.29. The van der Waals surface area contributed by atoms with Gasteiger partial charge in [0.15, 0.2) is 6.61 Å². The average molecular weight is 443 g/mol. The first-order chi connectivity index (χ1) is 13.5. The van der Waals surface area contributed by atoms with E-state index in [0.29, 0.717) is 31.2 Å². The smallest absolute Gasteiger partial charge is 0.260 e. The number of carbonyl (C=O) groups excluding carboxylic acids is 1. The van der Waals surface area contributed by atoms with Crippen LogP contribution in [0, 0.1) is 11.3 Å². The van der Waals surface area contributed by atoms with Crippen molar-refractivity contribution in [3.8, 4) is 11.8 Å². The van der Waals surface area contributed by atoms with Gasteiger partial charge in [-0.05, 0) is 57.9 Å². The van der Waals surface area contributed by atoms with Gasteiger partial charge in [0.2, 0.25) is 0 Å². The fraction of sp³-hybridized carbons (Fsp3) is 0.391. The van der Waals surface area contributed by atoms with Crippen LogP contribution in [-0.4, -0.2) is 30.5 Å². The van der Waals surface area contributed by atoms with Gasteiger partial charge in [0, 0.05) is 13.1 Å². The lowest BCUT2D eigenvalue weighted by Crippen LogP contribution is -2.37. The van der Waals surface area contributed by atoms with Gasteiger partial charge in [0.25, 0.3) is 5.91 Å². The molecule has 148 valence electrons. The van der Waals surface area contributed by atoms with Crippen molar-refractivity contribution in [1.29, 1.82) is 5.26 Å². The second kappa shape index (κ2) is 11.5. The molecule has 0 fully saturated rings. The first kappa shape index (κ1) is 22.0. The minimum Gasteiger partial charge on any atom is -0.483 e. The molecule has 1 unspecified atom stereocenters. The van der Waals surface area contributed by atoms with Crippen molar-refractivity contribution in [2.75, 3.05) is 19.7 Å². The summed E-state index contributed by atoms with van der Waals surface area (Å²) in [5.74, 6) is 1.03. The van der Waals surface area contributed by atoms with Gasteiger partial charge in [-0.1, -0.05) is 50.2 Å². The number of nitriles is 1. The molecule has 1 atom stereocenters. The fourth-order valence-electron chi connectivity index (χ4n) is 2.86. The van der Waals surface area contributed by atoms with E-state index in [0.717, 1.165) is 17.3 Å². The van der Waals surface area contributed by atoms with Gasteiger partial charge in [-0.25, -0.2) is 0 Å². The Morgan fingerprint density at radius 1 is 1.21 bits per heavy atom. The molecule has 0 aliphatic heterocycles. The minimum atomic E-state index is -0.107. The van der Waals surface area contributed by atoms with Crippen LogP contribution >= 0.6 is 15.9 Å². The normalized spacial score (nSPS) is 11.5. The second-order valence-corrected chi connectivity index (χ2v) is 7.67. The lowest BCUT2D eigenvalue weighted by Gasteiger charge is -2.22. The third-order valence-electron chi connectivity index (χ3n) is 4.85. The molecule has 0 aromatic heterocycles. The Hall–Kier alpha value is -2.32. The van der Waals surface area contributed by atoms with E-state index in [1.54, 1.807) is 4.90 Å². The summed E-state index contributed by atoms with van der Waals surface area (Å²) in [5.41, 5.74) is 2.41. The van der Waals surface area contributed by atoms with Crippen molar-refractivity contribution >= 4 is 21.8 Å². The molecular weight excluding hydrogens is 416 g/mol. The molecule has 0 aliphatic carbocycles. The van der Waals surface area contributed by atoms with Gasteiger partial charge in [0.05, 0.1) is 17.0 Å². The predicted molar refractivity (Wildman–Crippen MR) is 115 cm³/mol. The molecule has 0 heterocycles. The number of benzene rings is 2. The van der Waals surface area contributed by atoms with Crippen molar-refractivity contribution in [3.63, 3.8) is 0 Å². The third kappa shape index (κ3) is 6.69. The van der Waals surface area contributed by atoms with Gasteiger partial charge >= 0.3 is 0 Å². The van der Waals surface area contributed by atoms with E-state index >= 15 is 0 Å². The van der Waals surface area contributed by atoms with Gasteiger partial charge in [-0.3, -0.25) is 4.79 Å². The molecular formula is C23H27BrN2O2. The molecule has 0 saturated heterocycles. The molecule has 0 N–H and O–H groups in total. The molecule has 2 aromatic rings. The largest absolute Gasteiger partial charge is 0.483 e. The lowest BCUT2D eigenvalue weighted by atomic mass is 9.99. The van der Waals surface area contributed by atoms with E-state index in [2.05, 4.69) is 41.9 Å². The van der Waals surface area contributed by atoms with E-state index in [4.69, 9.17) is 10.00 Å². The minimum absolute atomic E-state index is 0.0402. The Morgan fingerprint density at radius 2 is 1.96 bits per heavy atom. The zero-order valence-corrected chi connectivity index (χ0v) is 18.1. The van der Waals surface area contributed by atoms with E-state index in [1.165, 1.54) is 11.1 Å². The molecule has 2 aromatic carbocycles. The topological polar surface area (TPSA) is 53.3 Å². The maximum absolute atomic E-state index is 12.7. The Balaban J connectivity index is 1.96. The molecule has 0 spiro atoms. The summed E-state index contributed by atoms with van der Waals surface area (Å²) in [4.78, 5) is 14.4.